The van der Waals surface area contributed by atoms with Crippen molar-refractivity contribution in [2.24, 2.45) is 5.41 Å². The molecule has 8 nitrogen and oxygen atoms in total. The Morgan fingerprint density at radius 2 is 1.56 bits per heavy atom. The zero-order chi connectivity index (χ0) is 24.3. The number of aromatic nitrogens is 4. The zero-order valence-corrected chi connectivity index (χ0v) is 19.6. The average Bonchev–Trinajstić information content (AvgIpc) is 3.14. The summed E-state index contributed by atoms with van der Waals surface area (Å²) in [6, 6.07) is 19.3. The number of hydrogen-bond acceptors (Lipinski definition) is 5. The van der Waals surface area contributed by atoms with Crippen LogP contribution in [0.15, 0.2) is 70.3 Å². The number of fused-ring (bicyclic) bond motifs is 1. The van der Waals surface area contributed by atoms with Crippen LogP contribution in [0.2, 0.25) is 0 Å². The van der Waals surface area contributed by atoms with Gasteiger partial charge in [0, 0.05) is 13.1 Å². The molecule has 2 aromatic carbocycles. The third-order valence-corrected chi connectivity index (χ3v) is 5.56. The van der Waals surface area contributed by atoms with Gasteiger partial charge in [-0.3, -0.25) is 19.1 Å². The minimum atomic E-state index is -0.672. The van der Waals surface area contributed by atoms with E-state index in [1.807, 2.05) is 60.7 Å². The van der Waals surface area contributed by atoms with Gasteiger partial charge in [0.2, 0.25) is 0 Å². The minimum Gasteiger partial charge on any atom is -0.457 e. The second-order valence-corrected chi connectivity index (χ2v) is 9.25. The van der Waals surface area contributed by atoms with Crippen molar-refractivity contribution in [1.29, 1.82) is 0 Å². The molecule has 0 unspecified atom stereocenters. The molecule has 0 saturated heterocycles. The number of ether oxygens (including phenoxy) is 1. The number of H-pyrrole nitrogens is 1. The lowest BCUT2D eigenvalue weighted by molar-refractivity contribution is -0.154. The van der Waals surface area contributed by atoms with Gasteiger partial charge in [-0.2, -0.15) is 0 Å². The number of carbonyl (C=O) groups excluding carboxylic acids is 1. The van der Waals surface area contributed by atoms with Crippen LogP contribution in [0, 0.1) is 5.41 Å². The van der Waals surface area contributed by atoms with E-state index in [2.05, 4.69) is 9.97 Å². The average molecular weight is 461 g/mol. The Morgan fingerprint density at radius 1 is 0.941 bits per heavy atom. The molecular weight excluding hydrogens is 432 g/mol. The topological polar surface area (TPSA) is 99.0 Å². The molecule has 0 radical (unpaired) electrons. The van der Waals surface area contributed by atoms with E-state index in [1.54, 1.807) is 25.3 Å². The number of benzene rings is 2. The molecule has 0 saturated carbocycles. The second kappa shape index (κ2) is 9.51. The lowest BCUT2D eigenvalue weighted by atomic mass is 9.97. The van der Waals surface area contributed by atoms with Crippen LogP contribution in [-0.2, 0) is 35.6 Å². The van der Waals surface area contributed by atoms with E-state index in [9.17, 15) is 14.4 Å². The summed E-state index contributed by atoms with van der Waals surface area (Å²) < 4.78 is 8.40. The molecule has 2 heterocycles. The molecule has 1 N–H and O–H groups in total. The molecule has 8 heteroatoms. The molecule has 0 spiro atoms. The number of carbonyl (C=O) groups is 1. The van der Waals surface area contributed by atoms with Crippen molar-refractivity contribution in [2.75, 3.05) is 0 Å². The predicted molar refractivity (Wildman–Crippen MR) is 130 cm³/mol. The molecule has 0 bridgehead atoms. The fraction of sp³-hybridized carbons (Fsp3) is 0.308. The van der Waals surface area contributed by atoms with Gasteiger partial charge in [0.1, 0.15) is 12.4 Å². The highest BCUT2D eigenvalue weighted by molar-refractivity contribution is 5.75. The first-order valence-corrected chi connectivity index (χ1v) is 11.2. The van der Waals surface area contributed by atoms with Gasteiger partial charge in [-0.25, -0.2) is 9.78 Å². The van der Waals surface area contributed by atoms with Crippen molar-refractivity contribution < 1.29 is 9.53 Å². The Hall–Kier alpha value is -3.94. The van der Waals surface area contributed by atoms with Crippen molar-refractivity contribution >= 4 is 17.1 Å². The molecule has 34 heavy (non-hydrogen) atoms. The van der Waals surface area contributed by atoms with Crippen molar-refractivity contribution in [2.45, 2.75) is 46.9 Å². The molecule has 176 valence electrons. The van der Waals surface area contributed by atoms with Crippen molar-refractivity contribution in [3.05, 3.63) is 98.5 Å². The van der Waals surface area contributed by atoms with Crippen LogP contribution < -0.4 is 11.2 Å². The maximum Gasteiger partial charge on any atom is 0.330 e. The lowest BCUT2D eigenvalue weighted by Gasteiger charge is -2.17. The van der Waals surface area contributed by atoms with Crippen LogP contribution >= 0.6 is 0 Å². The van der Waals surface area contributed by atoms with Gasteiger partial charge in [-0.1, -0.05) is 60.7 Å². The van der Waals surface area contributed by atoms with Gasteiger partial charge in [0.05, 0.1) is 5.41 Å². The van der Waals surface area contributed by atoms with E-state index >= 15 is 0 Å². The number of nitrogens with one attached hydrogen (secondary N) is 1. The van der Waals surface area contributed by atoms with Gasteiger partial charge >= 0.3 is 11.7 Å². The SMILES string of the molecule is CC(C)(C)C(=O)OCc1nc2[nH]c(=O)n(CCc3ccccc3)c(=O)c2n1Cc1ccccc1. The van der Waals surface area contributed by atoms with Gasteiger partial charge in [0.15, 0.2) is 11.2 Å². The molecule has 0 fully saturated rings. The quantitative estimate of drug-likeness (QED) is 0.427. The summed E-state index contributed by atoms with van der Waals surface area (Å²) in [4.78, 5) is 45.7. The van der Waals surface area contributed by atoms with Crippen LogP contribution in [0.1, 0.15) is 37.7 Å². The van der Waals surface area contributed by atoms with Crippen LogP contribution in [0.5, 0.6) is 0 Å². The molecule has 0 aliphatic heterocycles. The zero-order valence-electron chi connectivity index (χ0n) is 19.6. The first-order valence-electron chi connectivity index (χ1n) is 11.2. The van der Waals surface area contributed by atoms with E-state index in [0.29, 0.717) is 18.8 Å². The highest BCUT2D eigenvalue weighted by atomic mass is 16.5. The van der Waals surface area contributed by atoms with Crippen LogP contribution in [-0.4, -0.2) is 25.1 Å². The molecular formula is C26H28N4O4. The number of aromatic amines is 1. The van der Waals surface area contributed by atoms with Crippen LogP contribution in [0.3, 0.4) is 0 Å². The molecule has 0 amide bonds. The summed E-state index contributed by atoms with van der Waals surface area (Å²) in [6.07, 6.45) is 0.540. The Morgan fingerprint density at radius 3 is 2.18 bits per heavy atom. The normalized spacial score (nSPS) is 11.6. The number of imidazole rings is 1. The Bertz CT molecular complexity index is 1410. The lowest BCUT2D eigenvalue weighted by Crippen LogP contribution is -2.36. The van der Waals surface area contributed by atoms with Crippen molar-refractivity contribution in [3.8, 4) is 0 Å². The molecule has 0 aliphatic carbocycles. The smallest absolute Gasteiger partial charge is 0.330 e. The highest BCUT2D eigenvalue weighted by Gasteiger charge is 2.25. The molecule has 0 atom stereocenters. The van der Waals surface area contributed by atoms with Crippen molar-refractivity contribution in [3.63, 3.8) is 0 Å². The van der Waals surface area contributed by atoms with Gasteiger partial charge < -0.3 is 9.30 Å². The molecule has 0 aliphatic rings. The number of esters is 1. The summed E-state index contributed by atoms with van der Waals surface area (Å²) >= 11 is 0. The first-order chi connectivity index (χ1) is 16.2. The summed E-state index contributed by atoms with van der Waals surface area (Å²) in [7, 11) is 0. The van der Waals surface area contributed by atoms with Crippen LogP contribution in [0.4, 0.5) is 0 Å². The van der Waals surface area contributed by atoms with E-state index < -0.39 is 16.7 Å². The number of rotatable bonds is 7. The molecule has 4 aromatic rings. The van der Waals surface area contributed by atoms with Gasteiger partial charge in [0.25, 0.3) is 5.56 Å². The predicted octanol–water partition coefficient (Wildman–Crippen LogP) is 3.27. The largest absolute Gasteiger partial charge is 0.457 e. The summed E-state index contributed by atoms with van der Waals surface area (Å²) in [5, 5.41) is 0. The highest BCUT2D eigenvalue weighted by Crippen LogP contribution is 2.18. The molecule has 4 rings (SSSR count). The Labute approximate surface area is 196 Å². The summed E-state index contributed by atoms with van der Waals surface area (Å²) in [6.45, 7) is 5.78. The third-order valence-electron chi connectivity index (χ3n) is 5.56. The standard InChI is InChI=1S/C26H28N4O4/c1-26(2,3)24(32)34-17-20-27-22-21(30(20)16-19-12-8-5-9-13-19)23(31)29(25(33)28-22)15-14-18-10-6-4-7-11-18/h4-13H,14-17H2,1-3H3,(H,28,33). The summed E-state index contributed by atoms with van der Waals surface area (Å²) in [5.74, 6) is 0.0181. The van der Waals surface area contributed by atoms with E-state index in [-0.39, 0.29) is 30.3 Å². The Balaban J connectivity index is 1.76. The summed E-state index contributed by atoms with van der Waals surface area (Å²) in [5.41, 5.74) is 0.826. The Kier molecular flexibility index (Phi) is 6.49. The van der Waals surface area contributed by atoms with Crippen LogP contribution in [0.25, 0.3) is 11.2 Å². The molecule has 2 aromatic heterocycles. The third kappa shape index (κ3) is 5.01. The maximum atomic E-state index is 13.5. The van der Waals surface area contributed by atoms with E-state index in [4.69, 9.17) is 4.74 Å². The van der Waals surface area contributed by atoms with Gasteiger partial charge in [-0.15, -0.1) is 0 Å². The number of nitrogens with zero attached hydrogens (tertiary/aromatic N) is 3. The monoisotopic (exact) mass is 460 g/mol. The van der Waals surface area contributed by atoms with E-state index in [1.165, 1.54) is 4.57 Å². The maximum absolute atomic E-state index is 13.5. The number of aryl methyl sites for hydroxylation is 1. The van der Waals surface area contributed by atoms with Gasteiger partial charge in [-0.05, 0) is 38.3 Å². The first kappa shape index (κ1) is 23.2. The van der Waals surface area contributed by atoms with Crippen molar-refractivity contribution in [1.82, 2.24) is 19.1 Å². The van der Waals surface area contributed by atoms with E-state index in [0.717, 1.165) is 11.1 Å². The fourth-order valence-electron chi connectivity index (χ4n) is 3.67. The fourth-order valence-corrected chi connectivity index (χ4v) is 3.67. The number of hydrogen-bond donors (Lipinski definition) is 1. The minimum absolute atomic E-state index is 0.108. The second-order valence-electron chi connectivity index (χ2n) is 9.25.